The van der Waals surface area contributed by atoms with E-state index in [0.29, 0.717) is 24.8 Å². The maximum absolute atomic E-state index is 13.5. The zero-order valence-electron chi connectivity index (χ0n) is 40.2. The van der Waals surface area contributed by atoms with Crippen molar-refractivity contribution in [2.45, 2.75) is 228 Å². The van der Waals surface area contributed by atoms with E-state index in [1.807, 2.05) is 19.9 Å². The number of aryl methyl sites for hydroxylation is 1. The molecule has 64 heavy (non-hydrogen) atoms. The van der Waals surface area contributed by atoms with Crippen LogP contribution in [0.1, 0.15) is 167 Å². The first-order chi connectivity index (χ1) is 31.1. The van der Waals surface area contributed by atoms with Crippen LogP contribution in [-0.4, -0.2) is 111 Å². The van der Waals surface area contributed by atoms with Crippen LogP contribution in [0, 0.1) is 6.92 Å². The minimum Gasteiger partial charge on any atom is -0.455 e. The number of rotatable bonds is 37. The molecule has 3 aliphatic heterocycles. The van der Waals surface area contributed by atoms with E-state index in [9.17, 15) is 13.2 Å². The first-order valence-electron chi connectivity index (χ1n) is 24.6. The van der Waals surface area contributed by atoms with Crippen LogP contribution in [0.4, 0.5) is 0 Å². The number of cyclic esters (lactones) is 1. The summed E-state index contributed by atoms with van der Waals surface area (Å²) in [5.41, 5.74) is 1.61. The lowest BCUT2D eigenvalue weighted by Crippen LogP contribution is -2.35. The average Bonchev–Trinajstić information content (AvgIpc) is 4.04. The quantitative estimate of drug-likeness (QED) is 0.0270. The lowest BCUT2D eigenvalue weighted by atomic mass is 9.99. The maximum Gasteiger partial charge on any atom is 0.334 e. The summed E-state index contributed by atoms with van der Waals surface area (Å²) in [4.78, 5) is 12.4. The van der Waals surface area contributed by atoms with E-state index in [2.05, 4.69) is 6.92 Å². The molecule has 1 aromatic carbocycles. The molecule has 0 N–H and O–H groups in total. The third kappa shape index (κ3) is 20.1. The first-order valence-corrected chi connectivity index (χ1v) is 26.0. The highest BCUT2D eigenvalue weighted by Gasteiger charge is 2.42. The van der Waals surface area contributed by atoms with Gasteiger partial charge in [-0.25, -0.2) is 4.79 Å². The predicted octanol–water partition coefficient (Wildman–Crippen LogP) is 10.4. The summed E-state index contributed by atoms with van der Waals surface area (Å²) in [6, 6.07) is 6.78. The number of hydrogen-bond donors (Lipinski definition) is 0. The molecule has 13 nitrogen and oxygen atoms in total. The van der Waals surface area contributed by atoms with E-state index in [1.54, 1.807) is 45.6 Å². The summed E-state index contributed by atoms with van der Waals surface area (Å²) in [6.45, 7) is 6.61. The molecule has 0 amide bonds. The minimum absolute atomic E-state index is 0.00132. The number of carbonyl (C=O) groups excluding carboxylic acids is 1. The first kappa shape index (κ1) is 54.6. The molecular weight excluding hydrogens is 841 g/mol. The number of carbonyl (C=O) groups is 1. The van der Waals surface area contributed by atoms with Gasteiger partial charge in [0.15, 0.2) is 0 Å². The highest BCUT2D eigenvalue weighted by Crippen LogP contribution is 2.36. The molecule has 368 valence electrons. The van der Waals surface area contributed by atoms with Gasteiger partial charge in [0.05, 0.1) is 53.7 Å². The zero-order chi connectivity index (χ0) is 46.0. The molecule has 4 unspecified atom stereocenters. The van der Waals surface area contributed by atoms with Crippen molar-refractivity contribution in [3.8, 4) is 0 Å². The fraction of sp³-hybridized carbons (Fsp3) is 0.820. The molecule has 14 heteroatoms. The highest BCUT2D eigenvalue weighted by atomic mass is 32.2. The van der Waals surface area contributed by atoms with E-state index < -0.39 is 16.2 Å². The van der Waals surface area contributed by atoms with Crippen molar-refractivity contribution in [3.63, 3.8) is 0 Å². The minimum atomic E-state index is -3.96. The molecule has 3 aliphatic rings. The molecule has 1 aromatic rings. The lowest BCUT2D eigenvalue weighted by Gasteiger charge is -2.27. The van der Waals surface area contributed by atoms with Crippen LogP contribution >= 0.6 is 0 Å². The largest absolute Gasteiger partial charge is 0.455 e. The van der Waals surface area contributed by atoms with Crippen molar-refractivity contribution in [2.24, 2.45) is 0 Å². The Morgan fingerprint density at radius 2 is 1.09 bits per heavy atom. The van der Waals surface area contributed by atoms with Gasteiger partial charge in [-0.05, 0) is 89.8 Å². The molecule has 0 saturated carbocycles. The van der Waals surface area contributed by atoms with Crippen molar-refractivity contribution in [2.75, 3.05) is 41.7 Å². The van der Waals surface area contributed by atoms with E-state index in [1.165, 1.54) is 44.9 Å². The van der Waals surface area contributed by atoms with Crippen LogP contribution in [0.3, 0.4) is 0 Å². The molecule has 2 saturated heterocycles. The van der Waals surface area contributed by atoms with Gasteiger partial charge in [-0.3, -0.25) is 4.18 Å². The number of methoxy groups -OCH3 is 3. The number of esters is 1. The monoisotopic (exact) mass is 925 g/mol. The smallest absolute Gasteiger partial charge is 0.334 e. The van der Waals surface area contributed by atoms with Crippen molar-refractivity contribution in [1.29, 1.82) is 0 Å². The molecule has 0 radical (unpaired) electrons. The molecule has 0 bridgehead atoms. The van der Waals surface area contributed by atoms with Gasteiger partial charge in [0.2, 0.25) is 0 Å². The van der Waals surface area contributed by atoms with Crippen LogP contribution < -0.4 is 0 Å². The third-order valence-corrected chi connectivity index (χ3v) is 14.2. The van der Waals surface area contributed by atoms with Gasteiger partial charge in [-0.15, -0.1) is 0 Å². The van der Waals surface area contributed by atoms with Gasteiger partial charge in [-0.1, -0.05) is 108 Å². The SMILES string of the molecule is CCCCCCCCCC[C@@H](OCOC)C1CC[C@H]([C@H]2CC[C@H](C(CCCCC(CCCCCC(CC3=C[C@H](C)OC3=O)OCOC)OS(=O)(=O)c3ccc(C)cc3)OCOC)O2)O1. The lowest BCUT2D eigenvalue weighted by molar-refractivity contribution is -0.158. The zero-order valence-corrected chi connectivity index (χ0v) is 41.0. The Morgan fingerprint density at radius 3 is 1.62 bits per heavy atom. The Kier molecular flexibility index (Phi) is 26.6. The van der Waals surface area contributed by atoms with E-state index in [4.69, 9.17) is 46.8 Å². The van der Waals surface area contributed by atoms with E-state index >= 15 is 0 Å². The summed E-state index contributed by atoms with van der Waals surface area (Å²) >= 11 is 0. The summed E-state index contributed by atoms with van der Waals surface area (Å²) in [7, 11) is 0.921. The Morgan fingerprint density at radius 1 is 0.625 bits per heavy atom. The van der Waals surface area contributed by atoms with Gasteiger partial charge < -0.3 is 42.6 Å². The van der Waals surface area contributed by atoms with E-state index in [-0.39, 0.29) is 80.1 Å². The normalized spacial score (nSPS) is 23.3. The van der Waals surface area contributed by atoms with Gasteiger partial charge in [0, 0.05) is 33.3 Å². The predicted molar refractivity (Wildman–Crippen MR) is 246 cm³/mol. The molecule has 9 atom stereocenters. The fourth-order valence-corrected chi connectivity index (χ4v) is 10.4. The Labute approximate surface area is 386 Å². The Balaban J connectivity index is 1.26. The number of hydrogen-bond acceptors (Lipinski definition) is 13. The molecule has 2 fully saturated rings. The fourth-order valence-electron chi connectivity index (χ4n) is 9.27. The van der Waals surface area contributed by atoms with Crippen LogP contribution in [0.2, 0.25) is 0 Å². The Hall–Kier alpha value is -1.98. The van der Waals surface area contributed by atoms with Gasteiger partial charge in [-0.2, -0.15) is 8.42 Å². The van der Waals surface area contributed by atoms with E-state index in [0.717, 1.165) is 89.0 Å². The van der Waals surface area contributed by atoms with Gasteiger partial charge in [0.1, 0.15) is 26.5 Å². The standard InChI is InChI=1S/C50H84O13S/c1-7-8-9-10-11-12-13-17-23-44(58-36-55-5)46-29-31-48(61-46)49-32-30-47(62-49)45(59-37-56-6)24-19-18-21-41(63-64(52,53)43-27-25-38(2)26-28-43)20-15-14-16-22-42(57-35-54-4)34-40-33-39(3)60-50(40)51/h25-28,33,39,41-42,44-49H,7-24,29-32,34-37H2,1-6H3/t39-,41?,42?,44+,45?,46?,47+,48+,49+/m0/s1. The van der Waals surface area contributed by atoms with Crippen molar-refractivity contribution >= 4 is 16.1 Å². The Bertz CT molecular complexity index is 1540. The second kappa shape index (κ2) is 31.1. The summed E-state index contributed by atoms with van der Waals surface area (Å²) in [5.74, 6) is -0.292. The van der Waals surface area contributed by atoms with Crippen molar-refractivity contribution in [1.82, 2.24) is 0 Å². The van der Waals surface area contributed by atoms with Crippen LogP contribution in [0.25, 0.3) is 0 Å². The topological polar surface area (TPSA) is 144 Å². The summed E-state index contributed by atoms with van der Waals surface area (Å²) in [5, 5.41) is 0. The van der Waals surface area contributed by atoms with Gasteiger partial charge in [0.25, 0.3) is 10.1 Å². The summed E-state index contributed by atoms with van der Waals surface area (Å²) in [6.07, 6.45) is 22.9. The molecular formula is C50H84O13S. The molecule has 4 rings (SSSR count). The molecule has 3 heterocycles. The molecule has 0 spiro atoms. The average molecular weight is 925 g/mol. The van der Waals surface area contributed by atoms with Crippen LogP contribution in [0.5, 0.6) is 0 Å². The maximum atomic E-state index is 13.5. The molecule has 0 aromatic heterocycles. The van der Waals surface area contributed by atoms with Gasteiger partial charge >= 0.3 is 5.97 Å². The number of benzene rings is 1. The van der Waals surface area contributed by atoms with Crippen molar-refractivity contribution in [3.05, 3.63) is 41.5 Å². The second-order valence-electron chi connectivity index (χ2n) is 18.2. The second-order valence-corrected chi connectivity index (χ2v) is 19.7. The highest BCUT2D eigenvalue weighted by molar-refractivity contribution is 7.86. The number of unbranched alkanes of at least 4 members (excludes halogenated alkanes) is 10. The molecule has 0 aliphatic carbocycles. The third-order valence-electron chi connectivity index (χ3n) is 12.8. The number of ether oxygens (including phenoxy) is 9. The van der Waals surface area contributed by atoms with Crippen molar-refractivity contribution < 1.29 is 60.0 Å². The van der Waals surface area contributed by atoms with Crippen LogP contribution in [0.15, 0.2) is 40.8 Å². The summed E-state index contributed by atoms with van der Waals surface area (Å²) < 4.78 is 85.6. The van der Waals surface area contributed by atoms with Crippen LogP contribution in [-0.2, 0) is 61.7 Å².